The van der Waals surface area contributed by atoms with E-state index in [1.165, 1.54) is 17.7 Å². The van der Waals surface area contributed by atoms with Gasteiger partial charge in [0.15, 0.2) is 0 Å². The molecule has 0 aromatic carbocycles. The third-order valence-electron chi connectivity index (χ3n) is 3.55. The van der Waals surface area contributed by atoms with Crippen molar-refractivity contribution >= 4 is 17.6 Å². The molecule has 19 heavy (non-hydrogen) atoms. The lowest BCUT2D eigenvalue weighted by molar-refractivity contribution is 0.632. The SMILES string of the molecule is CC(N)Cc1cccnc1N1CCSC(C)(C)CC1. The average Bonchev–Trinajstić information content (AvgIpc) is 2.50. The van der Waals surface area contributed by atoms with Crippen molar-refractivity contribution in [3.63, 3.8) is 0 Å². The first-order valence-electron chi connectivity index (χ1n) is 7.06. The molecule has 2 rings (SSSR count). The number of pyridine rings is 1. The second-order valence-electron chi connectivity index (χ2n) is 6.01. The lowest BCUT2D eigenvalue weighted by Crippen LogP contribution is -2.29. The molecule has 4 heteroatoms. The van der Waals surface area contributed by atoms with Gasteiger partial charge in [-0.15, -0.1) is 0 Å². The summed E-state index contributed by atoms with van der Waals surface area (Å²) >= 11 is 2.07. The van der Waals surface area contributed by atoms with Gasteiger partial charge >= 0.3 is 0 Å². The van der Waals surface area contributed by atoms with Crippen LogP contribution in [0, 0.1) is 0 Å². The summed E-state index contributed by atoms with van der Waals surface area (Å²) in [6, 6.07) is 4.35. The minimum atomic E-state index is 0.181. The lowest BCUT2D eigenvalue weighted by Gasteiger charge is -2.25. The summed E-state index contributed by atoms with van der Waals surface area (Å²) in [5.74, 6) is 2.30. The zero-order valence-corrected chi connectivity index (χ0v) is 13.0. The van der Waals surface area contributed by atoms with Gasteiger partial charge < -0.3 is 10.6 Å². The quantitative estimate of drug-likeness (QED) is 0.924. The fraction of sp³-hybridized carbons (Fsp3) is 0.667. The van der Waals surface area contributed by atoms with Crippen molar-refractivity contribution in [1.82, 2.24) is 4.98 Å². The Labute approximate surface area is 121 Å². The molecule has 0 radical (unpaired) electrons. The van der Waals surface area contributed by atoms with E-state index in [0.717, 1.165) is 25.3 Å². The Hall–Kier alpha value is -0.740. The number of anilines is 1. The van der Waals surface area contributed by atoms with Crippen LogP contribution in [0.3, 0.4) is 0 Å². The maximum absolute atomic E-state index is 5.95. The van der Waals surface area contributed by atoms with E-state index in [4.69, 9.17) is 5.73 Å². The van der Waals surface area contributed by atoms with Gasteiger partial charge in [-0.3, -0.25) is 0 Å². The predicted molar refractivity (Wildman–Crippen MR) is 85.0 cm³/mol. The van der Waals surface area contributed by atoms with Crippen molar-refractivity contribution in [2.45, 2.75) is 44.4 Å². The first kappa shape index (κ1) is 14.7. The molecule has 0 aliphatic carbocycles. The molecule has 1 fully saturated rings. The van der Waals surface area contributed by atoms with Gasteiger partial charge in [-0.1, -0.05) is 19.9 Å². The third kappa shape index (κ3) is 4.11. The molecule has 1 unspecified atom stereocenters. The van der Waals surface area contributed by atoms with E-state index < -0.39 is 0 Å². The highest BCUT2D eigenvalue weighted by atomic mass is 32.2. The zero-order valence-electron chi connectivity index (χ0n) is 12.2. The molecule has 1 atom stereocenters. The number of hydrogen-bond donors (Lipinski definition) is 1. The van der Waals surface area contributed by atoms with Gasteiger partial charge in [0.05, 0.1) is 0 Å². The van der Waals surface area contributed by atoms with E-state index in [-0.39, 0.29) is 6.04 Å². The highest BCUT2D eigenvalue weighted by Crippen LogP contribution is 2.32. The number of rotatable bonds is 3. The Balaban J connectivity index is 2.17. The Kier molecular flexibility index (Phi) is 4.74. The van der Waals surface area contributed by atoms with Gasteiger partial charge in [0, 0.05) is 35.8 Å². The standard InChI is InChI=1S/C15H25N3S/c1-12(16)11-13-5-4-7-17-14(13)18-8-6-15(2,3)19-10-9-18/h4-5,7,12H,6,8-11,16H2,1-3H3. The minimum Gasteiger partial charge on any atom is -0.356 e. The Morgan fingerprint density at radius 1 is 1.47 bits per heavy atom. The molecule has 0 amide bonds. The molecule has 2 N–H and O–H groups in total. The van der Waals surface area contributed by atoms with Crippen LogP contribution >= 0.6 is 11.8 Å². The number of hydrogen-bond acceptors (Lipinski definition) is 4. The summed E-state index contributed by atoms with van der Waals surface area (Å²) in [4.78, 5) is 7.04. The molecule has 1 aliphatic heterocycles. The molecular weight excluding hydrogens is 254 g/mol. The topological polar surface area (TPSA) is 42.1 Å². The van der Waals surface area contributed by atoms with E-state index in [0.29, 0.717) is 4.75 Å². The van der Waals surface area contributed by atoms with Gasteiger partial charge in [0.25, 0.3) is 0 Å². The van der Waals surface area contributed by atoms with Gasteiger partial charge in [-0.25, -0.2) is 4.98 Å². The van der Waals surface area contributed by atoms with Crippen molar-refractivity contribution in [3.8, 4) is 0 Å². The predicted octanol–water partition coefficient (Wildman–Crippen LogP) is 2.69. The van der Waals surface area contributed by atoms with E-state index >= 15 is 0 Å². The van der Waals surface area contributed by atoms with Gasteiger partial charge in [-0.2, -0.15) is 11.8 Å². The van der Waals surface area contributed by atoms with Crippen molar-refractivity contribution in [2.24, 2.45) is 5.73 Å². The van der Waals surface area contributed by atoms with Crippen LogP contribution < -0.4 is 10.6 Å². The molecule has 106 valence electrons. The maximum atomic E-state index is 5.95. The van der Waals surface area contributed by atoms with E-state index in [1.54, 1.807) is 0 Å². The molecule has 1 aromatic rings. The molecule has 1 saturated heterocycles. The number of nitrogens with two attached hydrogens (primary N) is 1. The van der Waals surface area contributed by atoms with Crippen LogP contribution in [-0.4, -0.2) is 34.6 Å². The normalized spacial score (nSPS) is 20.9. The number of nitrogens with zero attached hydrogens (tertiary/aromatic N) is 2. The number of thioether (sulfide) groups is 1. The minimum absolute atomic E-state index is 0.181. The van der Waals surface area contributed by atoms with E-state index in [1.807, 2.05) is 12.3 Å². The number of aromatic nitrogens is 1. The summed E-state index contributed by atoms with van der Waals surface area (Å²) in [6.45, 7) is 8.89. The molecule has 1 aliphatic rings. The van der Waals surface area contributed by atoms with Gasteiger partial charge in [0.1, 0.15) is 5.82 Å². The van der Waals surface area contributed by atoms with Crippen molar-refractivity contribution in [3.05, 3.63) is 23.9 Å². The highest BCUT2D eigenvalue weighted by molar-refractivity contribution is 8.00. The summed E-state index contributed by atoms with van der Waals surface area (Å²) < 4.78 is 0.380. The van der Waals surface area contributed by atoms with Crippen molar-refractivity contribution in [2.75, 3.05) is 23.7 Å². The van der Waals surface area contributed by atoms with Crippen LogP contribution in [0.4, 0.5) is 5.82 Å². The van der Waals surface area contributed by atoms with Crippen molar-refractivity contribution < 1.29 is 0 Å². The molecule has 2 heterocycles. The van der Waals surface area contributed by atoms with Crippen LogP contribution in [0.25, 0.3) is 0 Å². The van der Waals surface area contributed by atoms with Gasteiger partial charge in [-0.05, 0) is 31.4 Å². The van der Waals surface area contributed by atoms with Crippen LogP contribution in [-0.2, 0) is 6.42 Å². The Bertz CT molecular complexity index is 418. The second-order valence-corrected chi connectivity index (χ2v) is 7.81. The average molecular weight is 279 g/mol. The Morgan fingerprint density at radius 3 is 3.00 bits per heavy atom. The smallest absolute Gasteiger partial charge is 0.131 e. The first-order chi connectivity index (χ1) is 8.98. The maximum Gasteiger partial charge on any atom is 0.131 e. The van der Waals surface area contributed by atoms with Crippen LogP contribution in [0.5, 0.6) is 0 Å². The summed E-state index contributed by atoms with van der Waals surface area (Å²) in [6.07, 6.45) is 3.99. The van der Waals surface area contributed by atoms with Crippen LogP contribution in [0.1, 0.15) is 32.8 Å². The van der Waals surface area contributed by atoms with Gasteiger partial charge in [0.2, 0.25) is 0 Å². The lowest BCUT2D eigenvalue weighted by atomic mass is 10.1. The fourth-order valence-corrected chi connectivity index (χ4v) is 3.55. The van der Waals surface area contributed by atoms with E-state index in [2.05, 4.69) is 48.5 Å². The molecule has 0 spiro atoms. The van der Waals surface area contributed by atoms with Crippen LogP contribution in [0.15, 0.2) is 18.3 Å². The monoisotopic (exact) mass is 279 g/mol. The zero-order chi connectivity index (χ0) is 13.9. The summed E-state index contributed by atoms with van der Waals surface area (Å²) in [7, 11) is 0. The molecule has 0 saturated carbocycles. The first-order valence-corrected chi connectivity index (χ1v) is 8.05. The van der Waals surface area contributed by atoms with Crippen molar-refractivity contribution in [1.29, 1.82) is 0 Å². The highest BCUT2D eigenvalue weighted by Gasteiger charge is 2.25. The summed E-state index contributed by atoms with van der Waals surface area (Å²) in [5, 5.41) is 0. The Morgan fingerprint density at radius 2 is 2.26 bits per heavy atom. The third-order valence-corrected chi connectivity index (χ3v) is 4.92. The molecule has 0 bridgehead atoms. The largest absolute Gasteiger partial charge is 0.356 e. The molecule has 1 aromatic heterocycles. The second kappa shape index (κ2) is 6.14. The van der Waals surface area contributed by atoms with E-state index in [9.17, 15) is 0 Å². The fourth-order valence-electron chi connectivity index (χ4n) is 2.45. The molecular formula is C15H25N3S. The van der Waals surface area contributed by atoms with Crippen LogP contribution in [0.2, 0.25) is 0 Å². The summed E-state index contributed by atoms with van der Waals surface area (Å²) in [5.41, 5.74) is 7.23. The molecule has 3 nitrogen and oxygen atoms in total.